The zero-order chi connectivity index (χ0) is 18.4. The van der Waals surface area contributed by atoms with Gasteiger partial charge in [-0.1, -0.05) is 35.3 Å². The van der Waals surface area contributed by atoms with Crippen LogP contribution in [0.5, 0.6) is 5.75 Å². The van der Waals surface area contributed by atoms with E-state index in [1.165, 1.54) is 0 Å². The summed E-state index contributed by atoms with van der Waals surface area (Å²) in [6.45, 7) is 0.717. The summed E-state index contributed by atoms with van der Waals surface area (Å²) in [7, 11) is 0. The predicted molar refractivity (Wildman–Crippen MR) is 101 cm³/mol. The van der Waals surface area contributed by atoms with Crippen LogP contribution in [0.2, 0.25) is 10.0 Å². The van der Waals surface area contributed by atoms with E-state index >= 15 is 0 Å². The number of benzene rings is 2. The molecule has 1 aromatic heterocycles. The molecule has 134 valence electrons. The highest BCUT2D eigenvalue weighted by molar-refractivity contribution is 6.30. The Balaban J connectivity index is 1.67. The number of halogens is 2. The van der Waals surface area contributed by atoms with Crippen LogP contribution in [0.4, 0.5) is 0 Å². The van der Waals surface area contributed by atoms with Crippen LogP contribution >= 0.6 is 23.2 Å². The van der Waals surface area contributed by atoms with Crippen LogP contribution in [-0.2, 0) is 17.9 Å². The molecule has 26 heavy (non-hydrogen) atoms. The largest absolute Gasteiger partial charge is 0.484 e. The van der Waals surface area contributed by atoms with Gasteiger partial charge in [-0.3, -0.25) is 4.79 Å². The molecular formula is C20H17Cl2NO3. The SMILES string of the molecule is O=C(COc1ccc(Cl)cc1)N(Cc1ccc(Cl)cc1)Cc1ccco1. The van der Waals surface area contributed by atoms with Gasteiger partial charge < -0.3 is 14.1 Å². The molecule has 1 heterocycles. The average molecular weight is 390 g/mol. The number of furan rings is 1. The molecular weight excluding hydrogens is 373 g/mol. The standard InChI is InChI=1S/C20H17Cl2NO3/c21-16-5-3-15(4-6-16)12-23(13-19-2-1-11-25-19)20(24)14-26-18-9-7-17(22)8-10-18/h1-11H,12-14H2. The van der Waals surface area contributed by atoms with Crippen molar-refractivity contribution < 1.29 is 13.9 Å². The van der Waals surface area contributed by atoms with Crippen molar-refractivity contribution >= 4 is 29.1 Å². The van der Waals surface area contributed by atoms with Gasteiger partial charge in [-0.25, -0.2) is 0 Å². The summed E-state index contributed by atoms with van der Waals surface area (Å²) in [5.41, 5.74) is 0.973. The van der Waals surface area contributed by atoms with E-state index in [0.717, 1.165) is 5.56 Å². The third kappa shape index (κ3) is 5.28. The Morgan fingerprint density at radius 2 is 1.58 bits per heavy atom. The topological polar surface area (TPSA) is 42.7 Å². The first-order valence-electron chi connectivity index (χ1n) is 8.03. The molecule has 0 aliphatic carbocycles. The molecule has 0 saturated heterocycles. The van der Waals surface area contributed by atoms with Crippen molar-refractivity contribution in [3.63, 3.8) is 0 Å². The molecule has 3 aromatic rings. The van der Waals surface area contributed by atoms with Crippen LogP contribution in [0.3, 0.4) is 0 Å². The van der Waals surface area contributed by atoms with Crippen molar-refractivity contribution in [2.24, 2.45) is 0 Å². The van der Waals surface area contributed by atoms with E-state index in [1.54, 1.807) is 53.6 Å². The minimum Gasteiger partial charge on any atom is -0.484 e. The molecule has 0 fully saturated rings. The maximum absolute atomic E-state index is 12.7. The highest BCUT2D eigenvalue weighted by Gasteiger charge is 2.17. The van der Waals surface area contributed by atoms with Crippen LogP contribution in [0.15, 0.2) is 71.3 Å². The van der Waals surface area contributed by atoms with Gasteiger partial charge in [-0.15, -0.1) is 0 Å². The first-order valence-corrected chi connectivity index (χ1v) is 8.79. The number of carbonyl (C=O) groups is 1. The van der Waals surface area contributed by atoms with E-state index in [-0.39, 0.29) is 12.5 Å². The van der Waals surface area contributed by atoms with E-state index in [2.05, 4.69) is 0 Å². The minimum absolute atomic E-state index is 0.0735. The number of carbonyl (C=O) groups excluding carboxylic acids is 1. The van der Waals surface area contributed by atoms with Gasteiger partial charge in [0, 0.05) is 16.6 Å². The van der Waals surface area contributed by atoms with Gasteiger partial charge in [-0.05, 0) is 54.1 Å². The normalized spacial score (nSPS) is 10.5. The van der Waals surface area contributed by atoms with E-state index < -0.39 is 0 Å². The lowest BCUT2D eigenvalue weighted by Gasteiger charge is -2.22. The molecule has 2 aromatic carbocycles. The van der Waals surface area contributed by atoms with Crippen LogP contribution in [0.1, 0.15) is 11.3 Å². The molecule has 0 spiro atoms. The lowest BCUT2D eigenvalue weighted by Crippen LogP contribution is -2.34. The van der Waals surface area contributed by atoms with Gasteiger partial charge in [0.15, 0.2) is 6.61 Å². The number of nitrogens with zero attached hydrogens (tertiary/aromatic N) is 1. The van der Waals surface area contributed by atoms with E-state index in [9.17, 15) is 4.79 Å². The quantitative estimate of drug-likeness (QED) is 0.557. The van der Waals surface area contributed by atoms with Crippen molar-refractivity contribution in [1.29, 1.82) is 0 Å². The molecule has 0 radical (unpaired) electrons. The molecule has 0 aliphatic heterocycles. The third-order valence-corrected chi connectivity index (χ3v) is 4.25. The van der Waals surface area contributed by atoms with Crippen molar-refractivity contribution in [1.82, 2.24) is 4.90 Å². The number of rotatable bonds is 7. The summed E-state index contributed by atoms with van der Waals surface area (Å²) < 4.78 is 11.0. The molecule has 6 heteroatoms. The molecule has 0 unspecified atom stereocenters. The lowest BCUT2D eigenvalue weighted by molar-refractivity contribution is -0.134. The maximum Gasteiger partial charge on any atom is 0.261 e. The lowest BCUT2D eigenvalue weighted by atomic mass is 10.2. The Morgan fingerprint density at radius 1 is 0.923 bits per heavy atom. The highest BCUT2D eigenvalue weighted by Crippen LogP contribution is 2.17. The first-order chi connectivity index (χ1) is 12.6. The molecule has 0 aliphatic rings. The summed E-state index contributed by atoms with van der Waals surface area (Å²) in [6.07, 6.45) is 1.59. The second kappa shape index (κ2) is 8.79. The Labute approximate surface area is 161 Å². The number of hydrogen-bond donors (Lipinski definition) is 0. The summed E-state index contributed by atoms with van der Waals surface area (Å²) >= 11 is 11.8. The molecule has 4 nitrogen and oxygen atoms in total. The zero-order valence-corrected chi connectivity index (χ0v) is 15.4. The maximum atomic E-state index is 12.7. The Hall–Kier alpha value is -2.43. The van der Waals surface area contributed by atoms with E-state index in [1.807, 2.05) is 18.2 Å². The Bertz CT molecular complexity index is 831. The fraction of sp³-hybridized carbons (Fsp3) is 0.150. The van der Waals surface area contributed by atoms with Gasteiger partial charge in [-0.2, -0.15) is 0 Å². The van der Waals surface area contributed by atoms with Gasteiger partial charge in [0.1, 0.15) is 11.5 Å². The number of ether oxygens (including phenoxy) is 1. The van der Waals surface area contributed by atoms with Crippen molar-refractivity contribution in [2.45, 2.75) is 13.1 Å². The summed E-state index contributed by atoms with van der Waals surface area (Å²) in [4.78, 5) is 14.4. The molecule has 1 amide bonds. The fourth-order valence-electron chi connectivity index (χ4n) is 2.40. The third-order valence-electron chi connectivity index (χ3n) is 3.74. The van der Waals surface area contributed by atoms with Crippen LogP contribution in [0, 0.1) is 0 Å². The minimum atomic E-state index is -0.147. The van der Waals surface area contributed by atoms with Crippen LogP contribution in [-0.4, -0.2) is 17.4 Å². The van der Waals surface area contributed by atoms with Gasteiger partial charge in [0.2, 0.25) is 0 Å². The monoisotopic (exact) mass is 389 g/mol. The molecule has 0 atom stereocenters. The fourth-order valence-corrected chi connectivity index (χ4v) is 2.65. The van der Waals surface area contributed by atoms with Crippen LogP contribution in [0.25, 0.3) is 0 Å². The Morgan fingerprint density at radius 3 is 2.19 bits per heavy atom. The van der Waals surface area contributed by atoms with Crippen molar-refractivity contribution in [3.8, 4) is 5.75 Å². The summed E-state index contributed by atoms with van der Waals surface area (Å²) in [5, 5.41) is 1.27. The smallest absolute Gasteiger partial charge is 0.261 e. The van der Waals surface area contributed by atoms with Crippen molar-refractivity contribution in [2.75, 3.05) is 6.61 Å². The summed E-state index contributed by atoms with van der Waals surface area (Å²) in [6, 6.07) is 17.9. The molecule has 0 bridgehead atoms. The number of amides is 1. The highest BCUT2D eigenvalue weighted by atomic mass is 35.5. The zero-order valence-electron chi connectivity index (χ0n) is 13.9. The van der Waals surface area contributed by atoms with Crippen LogP contribution < -0.4 is 4.74 Å². The van der Waals surface area contributed by atoms with Gasteiger partial charge in [0.25, 0.3) is 5.91 Å². The summed E-state index contributed by atoms with van der Waals surface area (Å²) in [5.74, 6) is 1.15. The Kier molecular flexibility index (Phi) is 6.21. The molecule has 0 saturated carbocycles. The number of hydrogen-bond acceptors (Lipinski definition) is 3. The van der Waals surface area contributed by atoms with Gasteiger partial charge in [0.05, 0.1) is 12.8 Å². The first kappa shape index (κ1) is 18.4. The second-order valence-corrected chi connectivity index (χ2v) is 6.57. The van der Waals surface area contributed by atoms with E-state index in [4.69, 9.17) is 32.4 Å². The predicted octanol–water partition coefficient (Wildman–Crippen LogP) is 5.19. The second-order valence-electron chi connectivity index (χ2n) is 5.70. The van der Waals surface area contributed by atoms with Crippen molar-refractivity contribution in [3.05, 3.63) is 88.3 Å². The van der Waals surface area contributed by atoms with Gasteiger partial charge >= 0.3 is 0 Å². The van der Waals surface area contributed by atoms with E-state index in [0.29, 0.717) is 34.6 Å². The molecule has 0 N–H and O–H groups in total. The average Bonchev–Trinajstić information content (AvgIpc) is 3.15. The molecule has 3 rings (SSSR count).